The number of carbonyl (C=O) groups excluding carboxylic acids is 1. The van der Waals surface area contributed by atoms with Crippen LogP contribution >= 0.6 is 0 Å². The Morgan fingerprint density at radius 2 is 2.05 bits per heavy atom. The number of fused-ring (bicyclic) bond motifs is 3. The van der Waals surface area contributed by atoms with Crippen LogP contribution in [0.3, 0.4) is 0 Å². The molecular weight excluding hydrogens is 258 g/mol. The third kappa shape index (κ3) is 1.56. The summed E-state index contributed by atoms with van der Waals surface area (Å²) in [5.41, 5.74) is 2.46. The van der Waals surface area contributed by atoms with E-state index in [9.17, 15) is 9.90 Å². The minimum absolute atomic E-state index is 0.116. The highest BCUT2D eigenvalue weighted by atomic mass is 16.3. The third-order valence-electron chi connectivity index (χ3n) is 3.97. The van der Waals surface area contributed by atoms with Gasteiger partial charge < -0.3 is 19.3 Å². The van der Waals surface area contributed by atoms with Gasteiger partial charge in [0.15, 0.2) is 0 Å². The molecule has 1 fully saturated rings. The first-order valence-electron chi connectivity index (χ1n) is 6.59. The van der Waals surface area contributed by atoms with E-state index in [1.165, 1.54) is 0 Å². The van der Waals surface area contributed by atoms with Gasteiger partial charge in [0.25, 0.3) is 0 Å². The van der Waals surface area contributed by atoms with E-state index in [1.54, 1.807) is 12.5 Å². The van der Waals surface area contributed by atoms with Gasteiger partial charge in [-0.25, -0.2) is 0 Å². The molecule has 2 N–H and O–H groups in total. The van der Waals surface area contributed by atoms with Crippen molar-refractivity contribution in [1.82, 2.24) is 5.32 Å². The van der Waals surface area contributed by atoms with Gasteiger partial charge in [0.1, 0.15) is 17.4 Å². The van der Waals surface area contributed by atoms with E-state index in [0.717, 1.165) is 27.5 Å². The standard InChI is InChI=1S/C15H13NO4/c17-13-4-1-8(15(18)16-13)10-7-20-12-3-2-11-9(14(10)12)5-6-19-11/h2-3,5-8,15,18H,1,4H2,(H,16,17). The van der Waals surface area contributed by atoms with Crippen molar-refractivity contribution >= 4 is 27.8 Å². The molecular formula is C15H13NO4. The van der Waals surface area contributed by atoms with Gasteiger partial charge in [-0.2, -0.15) is 0 Å². The van der Waals surface area contributed by atoms with Crippen LogP contribution in [0, 0.1) is 0 Å². The summed E-state index contributed by atoms with van der Waals surface area (Å²) in [6.07, 6.45) is 3.45. The molecule has 0 aliphatic carbocycles. The van der Waals surface area contributed by atoms with E-state index in [0.29, 0.717) is 12.8 Å². The molecule has 2 aromatic heterocycles. The Balaban J connectivity index is 1.91. The summed E-state index contributed by atoms with van der Waals surface area (Å²) in [6, 6.07) is 5.62. The lowest BCUT2D eigenvalue weighted by Crippen LogP contribution is -2.43. The Morgan fingerprint density at radius 1 is 1.20 bits per heavy atom. The fourth-order valence-electron chi connectivity index (χ4n) is 2.99. The van der Waals surface area contributed by atoms with Gasteiger partial charge in [-0.15, -0.1) is 0 Å². The first-order valence-corrected chi connectivity index (χ1v) is 6.59. The molecule has 3 aromatic rings. The molecule has 0 bridgehead atoms. The maximum absolute atomic E-state index is 11.3. The van der Waals surface area contributed by atoms with Crippen LogP contribution in [-0.4, -0.2) is 17.2 Å². The highest BCUT2D eigenvalue weighted by Gasteiger charge is 2.31. The summed E-state index contributed by atoms with van der Waals surface area (Å²) in [5, 5.41) is 14.6. The number of furan rings is 2. The summed E-state index contributed by atoms with van der Waals surface area (Å²) in [4.78, 5) is 11.3. The zero-order chi connectivity index (χ0) is 13.7. The second kappa shape index (κ2) is 4.11. The molecule has 102 valence electrons. The lowest BCUT2D eigenvalue weighted by molar-refractivity contribution is -0.127. The summed E-state index contributed by atoms with van der Waals surface area (Å²) >= 11 is 0. The normalized spacial score (nSPS) is 23.4. The van der Waals surface area contributed by atoms with Crippen LogP contribution in [-0.2, 0) is 4.79 Å². The van der Waals surface area contributed by atoms with Crippen LogP contribution < -0.4 is 5.32 Å². The minimum Gasteiger partial charge on any atom is -0.464 e. The maximum atomic E-state index is 11.3. The molecule has 0 saturated carbocycles. The van der Waals surface area contributed by atoms with Crippen LogP contribution in [0.5, 0.6) is 0 Å². The Labute approximate surface area is 114 Å². The predicted molar refractivity (Wildman–Crippen MR) is 72.1 cm³/mol. The molecule has 5 heteroatoms. The molecule has 2 unspecified atom stereocenters. The topological polar surface area (TPSA) is 75.6 Å². The van der Waals surface area contributed by atoms with Crippen molar-refractivity contribution in [1.29, 1.82) is 0 Å². The number of piperidine rings is 1. The Hall–Kier alpha value is -2.27. The van der Waals surface area contributed by atoms with Crippen LogP contribution in [0.25, 0.3) is 21.9 Å². The van der Waals surface area contributed by atoms with Gasteiger partial charge in [0.2, 0.25) is 5.91 Å². The van der Waals surface area contributed by atoms with Gasteiger partial charge in [-0.05, 0) is 24.6 Å². The van der Waals surface area contributed by atoms with E-state index in [1.807, 2.05) is 18.2 Å². The summed E-state index contributed by atoms with van der Waals surface area (Å²) in [6.45, 7) is 0. The number of nitrogens with one attached hydrogen (secondary N) is 1. The van der Waals surface area contributed by atoms with E-state index < -0.39 is 6.23 Å². The summed E-state index contributed by atoms with van der Waals surface area (Å²) < 4.78 is 11.0. The molecule has 4 rings (SSSR count). The first kappa shape index (κ1) is 11.5. The van der Waals surface area contributed by atoms with E-state index in [2.05, 4.69) is 5.32 Å². The molecule has 2 atom stereocenters. The minimum atomic E-state index is -0.876. The van der Waals surface area contributed by atoms with Crippen molar-refractivity contribution in [3.8, 4) is 0 Å². The monoisotopic (exact) mass is 271 g/mol. The van der Waals surface area contributed by atoms with Crippen molar-refractivity contribution in [2.24, 2.45) is 0 Å². The van der Waals surface area contributed by atoms with Crippen LogP contribution in [0.2, 0.25) is 0 Å². The smallest absolute Gasteiger partial charge is 0.222 e. The molecule has 1 saturated heterocycles. The number of rotatable bonds is 1. The van der Waals surface area contributed by atoms with E-state index in [-0.39, 0.29) is 11.8 Å². The van der Waals surface area contributed by atoms with Gasteiger partial charge in [-0.1, -0.05) is 0 Å². The lowest BCUT2D eigenvalue weighted by atomic mass is 9.88. The number of hydrogen-bond donors (Lipinski definition) is 2. The van der Waals surface area contributed by atoms with Gasteiger partial charge >= 0.3 is 0 Å². The Kier molecular flexibility index (Phi) is 2.37. The molecule has 1 aromatic carbocycles. The highest BCUT2D eigenvalue weighted by Crippen LogP contribution is 2.38. The van der Waals surface area contributed by atoms with Crippen molar-refractivity contribution in [2.45, 2.75) is 25.0 Å². The molecule has 20 heavy (non-hydrogen) atoms. The number of aliphatic hydroxyl groups excluding tert-OH is 1. The van der Waals surface area contributed by atoms with Crippen molar-refractivity contribution in [2.75, 3.05) is 0 Å². The SMILES string of the molecule is O=C1CCC(c2coc3ccc4occc4c23)C(O)N1. The average molecular weight is 271 g/mol. The fourth-order valence-corrected chi connectivity index (χ4v) is 2.99. The number of amides is 1. The average Bonchev–Trinajstić information content (AvgIpc) is 3.03. The molecule has 1 amide bonds. The molecule has 1 aliphatic rings. The maximum Gasteiger partial charge on any atom is 0.222 e. The zero-order valence-electron chi connectivity index (χ0n) is 10.6. The summed E-state index contributed by atoms with van der Waals surface area (Å²) in [5.74, 6) is -0.274. The van der Waals surface area contributed by atoms with Crippen LogP contribution in [0.1, 0.15) is 24.3 Å². The second-order valence-electron chi connectivity index (χ2n) is 5.12. The fraction of sp³-hybridized carbons (Fsp3) is 0.267. The first-order chi connectivity index (χ1) is 9.74. The lowest BCUT2D eigenvalue weighted by Gasteiger charge is -2.27. The van der Waals surface area contributed by atoms with Gasteiger partial charge in [0.05, 0.1) is 12.5 Å². The number of carbonyl (C=O) groups is 1. The summed E-state index contributed by atoms with van der Waals surface area (Å²) in [7, 11) is 0. The number of aliphatic hydroxyl groups is 1. The molecule has 3 heterocycles. The van der Waals surface area contributed by atoms with E-state index in [4.69, 9.17) is 8.83 Å². The second-order valence-corrected chi connectivity index (χ2v) is 5.12. The van der Waals surface area contributed by atoms with Crippen LogP contribution in [0.4, 0.5) is 0 Å². The molecule has 1 aliphatic heterocycles. The number of benzene rings is 1. The highest BCUT2D eigenvalue weighted by molar-refractivity contribution is 6.06. The Morgan fingerprint density at radius 3 is 2.90 bits per heavy atom. The number of hydrogen-bond acceptors (Lipinski definition) is 4. The third-order valence-corrected chi connectivity index (χ3v) is 3.97. The molecule has 0 radical (unpaired) electrons. The quantitative estimate of drug-likeness (QED) is 0.713. The van der Waals surface area contributed by atoms with Gasteiger partial charge in [-0.3, -0.25) is 4.79 Å². The molecule has 5 nitrogen and oxygen atoms in total. The van der Waals surface area contributed by atoms with Crippen LogP contribution in [0.15, 0.2) is 39.6 Å². The van der Waals surface area contributed by atoms with Gasteiger partial charge in [0, 0.05) is 28.7 Å². The van der Waals surface area contributed by atoms with Crippen molar-refractivity contribution in [3.05, 3.63) is 36.3 Å². The zero-order valence-corrected chi connectivity index (χ0v) is 10.6. The Bertz CT molecular complexity index is 801. The van der Waals surface area contributed by atoms with Crippen molar-refractivity contribution < 1.29 is 18.7 Å². The largest absolute Gasteiger partial charge is 0.464 e. The molecule has 0 spiro atoms. The van der Waals surface area contributed by atoms with Crippen molar-refractivity contribution in [3.63, 3.8) is 0 Å². The van der Waals surface area contributed by atoms with E-state index >= 15 is 0 Å². The predicted octanol–water partition coefficient (Wildman–Crippen LogP) is 2.49.